The third kappa shape index (κ3) is 3.13. The zero-order valence-corrected chi connectivity index (χ0v) is 15.4. The van der Waals surface area contributed by atoms with Crippen LogP contribution >= 0.6 is 11.3 Å². The molecule has 0 unspecified atom stereocenters. The number of nitrogens with one attached hydrogen (secondary N) is 1. The Hall–Kier alpha value is -2.92. The van der Waals surface area contributed by atoms with Crippen molar-refractivity contribution in [3.05, 3.63) is 81.8 Å². The molecule has 0 saturated carbocycles. The first-order valence-electron chi connectivity index (χ1n) is 8.44. The van der Waals surface area contributed by atoms with Crippen molar-refractivity contribution in [2.24, 2.45) is 0 Å². The summed E-state index contributed by atoms with van der Waals surface area (Å²) >= 11 is 1.71. The molecule has 130 valence electrons. The van der Waals surface area contributed by atoms with Crippen LogP contribution in [-0.2, 0) is 0 Å². The molecule has 4 rings (SSSR count). The fourth-order valence-electron chi connectivity index (χ4n) is 3.05. The molecular formula is C21H19N3OS. The number of pyridine rings is 2. The van der Waals surface area contributed by atoms with Crippen molar-refractivity contribution in [3.8, 4) is 5.75 Å². The Kier molecular flexibility index (Phi) is 4.31. The van der Waals surface area contributed by atoms with Gasteiger partial charge in [0.1, 0.15) is 17.1 Å². The predicted molar refractivity (Wildman–Crippen MR) is 107 cm³/mol. The third-order valence-corrected chi connectivity index (χ3v) is 5.41. The highest BCUT2D eigenvalue weighted by molar-refractivity contribution is 7.12. The second-order valence-electron chi connectivity index (χ2n) is 6.32. The molecule has 0 spiro atoms. The van der Waals surface area contributed by atoms with Crippen molar-refractivity contribution in [2.75, 3.05) is 5.32 Å². The van der Waals surface area contributed by atoms with Crippen molar-refractivity contribution in [1.82, 2.24) is 9.97 Å². The molecule has 2 N–H and O–H groups in total. The van der Waals surface area contributed by atoms with E-state index in [-0.39, 0.29) is 11.8 Å². The minimum absolute atomic E-state index is 0.200. The second kappa shape index (κ2) is 6.77. The first-order valence-corrected chi connectivity index (χ1v) is 9.25. The average Bonchev–Trinajstić information content (AvgIpc) is 3.07. The predicted octanol–water partition coefficient (Wildman–Crippen LogP) is 5.22. The van der Waals surface area contributed by atoms with Gasteiger partial charge in [0.15, 0.2) is 0 Å². The van der Waals surface area contributed by atoms with Crippen LogP contribution in [0.15, 0.2) is 60.9 Å². The number of aromatic hydroxyl groups is 1. The molecule has 0 fully saturated rings. The quantitative estimate of drug-likeness (QED) is 0.523. The molecule has 1 atom stereocenters. The Morgan fingerprint density at radius 3 is 2.65 bits per heavy atom. The van der Waals surface area contributed by atoms with Crippen molar-refractivity contribution in [3.63, 3.8) is 0 Å². The largest absolute Gasteiger partial charge is 0.505 e. The smallest absolute Gasteiger partial charge is 0.147 e. The number of aryl methyl sites for hydroxylation is 2. The van der Waals surface area contributed by atoms with Crippen LogP contribution in [-0.4, -0.2) is 15.1 Å². The number of fused-ring (bicyclic) bond motifs is 1. The Bertz CT molecular complexity index is 1070. The first kappa shape index (κ1) is 16.5. The minimum atomic E-state index is -0.200. The van der Waals surface area contributed by atoms with Gasteiger partial charge in [-0.25, -0.2) is 4.98 Å². The lowest BCUT2D eigenvalue weighted by Gasteiger charge is -2.20. The lowest BCUT2D eigenvalue weighted by atomic mass is 10.0. The summed E-state index contributed by atoms with van der Waals surface area (Å²) in [5, 5.41) is 15.3. The van der Waals surface area contributed by atoms with Crippen molar-refractivity contribution >= 4 is 28.1 Å². The van der Waals surface area contributed by atoms with E-state index in [1.165, 1.54) is 4.88 Å². The monoisotopic (exact) mass is 361 g/mol. The molecular weight excluding hydrogens is 342 g/mol. The van der Waals surface area contributed by atoms with Crippen LogP contribution < -0.4 is 5.32 Å². The maximum Gasteiger partial charge on any atom is 0.147 e. The summed E-state index contributed by atoms with van der Waals surface area (Å²) < 4.78 is 0. The van der Waals surface area contributed by atoms with Crippen LogP contribution in [0, 0.1) is 13.8 Å². The number of phenols is 1. The molecule has 3 heterocycles. The van der Waals surface area contributed by atoms with Crippen LogP contribution in [0.3, 0.4) is 0 Å². The summed E-state index contributed by atoms with van der Waals surface area (Å²) in [5.74, 6) is 0.987. The van der Waals surface area contributed by atoms with Gasteiger partial charge < -0.3 is 10.4 Å². The third-order valence-electron chi connectivity index (χ3n) is 4.34. The summed E-state index contributed by atoms with van der Waals surface area (Å²) in [6.45, 7) is 4.12. The Morgan fingerprint density at radius 2 is 1.88 bits per heavy atom. The van der Waals surface area contributed by atoms with E-state index in [2.05, 4.69) is 34.3 Å². The Balaban J connectivity index is 1.84. The molecule has 0 radical (unpaired) electrons. The highest BCUT2D eigenvalue weighted by Gasteiger charge is 2.21. The van der Waals surface area contributed by atoms with Gasteiger partial charge in [-0.15, -0.1) is 11.3 Å². The molecule has 0 aliphatic carbocycles. The minimum Gasteiger partial charge on any atom is -0.505 e. The number of nitrogens with zero attached hydrogens (tertiary/aromatic N) is 2. The van der Waals surface area contributed by atoms with E-state index in [1.807, 2.05) is 43.3 Å². The number of hydrogen-bond donors (Lipinski definition) is 2. The number of thiophene rings is 1. The van der Waals surface area contributed by atoms with Crippen molar-refractivity contribution < 1.29 is 5.11 Å². The number of aromatic nitrogens is 2. The number of benzene rings is 1. The molecule has 0 aliphatic heterocycles. The first-order chi connectivity index (χ1) is 12.6. The van der Waals surface area contributed by atoms with Gasteiger partial charge in [0.25, 0.3) is 0 Å². The van der Waals surface area contributed by atoms with Gasteiger partial charge in [-0.05, 0) is 49.7 Å². The van der Waals surface area contributed by atoms with E-state index in [4.69, 9.17) is 0 Å². The molecule has 0 amide bonds. The number of rotatable bonds is 4. The van der Waals surface area contributed by atoms with Crippen LogP contribution in [0.1, 0.15) is 26.9 Å². The van der Waals surface area contributed by atoms with Crippen molar-refractivity contribution in [1.29, 1.82) is 0 Å². The van der Waals surface area contributed by atoms with Crippen LogP contribution in [0.25, 0.3) is 10.9 Å². The van der Waals surface area contributed by atoms with E-state index in [0.29, 0.717) is 5.52 Å². The standard InChI is InChI=1S/C21H19N3OS/c1-13-9-11-22-18(12-13)24-20(17-8-5-14(2)26-17)16-7-6-15-4-3-10-23-19(15)21(16)25/h3-12,20,25H,1-2H3,(H,22,24)/t20-/m0/s1. The van der Waals surface area contributed by atoms with E-state index in [0.717, 1.165) is 27.2 Å². The SMILES string of the molecule is Cc1ccnc(N[C@H](c2ccc(C)s2)c2ccc3cccnc3c2O)c1. The number of anilines is 1. The summed E-state index contributed by atoms with van der Waals surface area (Å²) in [4.78, 5) is 11.1. The van der Waals surface area contributed by atoms with Crippen LogP contribution in [0.2, 0.25) is 0 Å². The van der Waals surface area contributed by atoms with Gasteiger partial charge >= 0.3 is 0 Å². The average molecular weight is 361 g/mol. The molecule has 0 aliphatic rings. The topological polar surface area (TPSA) is 58.0 Å². The van der Waals surface area contributed by atoms with Gasteiger partial charge in [0.2, 0.25) is 0 Å². The number of hydrogen-bond acceptors (Lipinski definition) is 5. The van der Waals surface area contributed by atoms with Gasteiger partial charge in [-0.3, -0.25) is 4.98 Å². The van der Waals surface area contributed by atoms with Gasteiger partial charge in [0.05, 0.1) is 6.04 Å². The van der Waals surface area contributed by atoms with Crippen LogP contribution in [0.5, 0.6) is 5.75 Å². The fourth-order valence-corrected chi connectivity index (χ4v) is 4.00. The Labute approximate surface area is 156 Å². The second-order valence-corrected chi connectivity index (χ2v) is 7.64. The molecule has 3 aromatic heterocycles. The lowest BCUT2D eigenvalue weighted by Crippen LogP contribution is -2.12. The van der Waals surface area contributed by atoms with E-state index < -0.39 is 0 Å². The Morgan fingerprint density at radius 1 is 1.00 bits per heavy atom. The molecule has 0 bridgehead atoms. The number of phenolic OH excluding ortho intramolecular Hbond substituents is 1. The lowest BCUT2D eigenvalue weighted by molar-refractivity contribution is 0.472. The van der Waals surface area contributed by atoms with Gasteiger partial charge in [0, 0.05) is 33.1 Å². The van der Waals surface area contributed by atoms with E-state index in [9.17, 15) is 5.11 Å². The summed E-state index contributed by atoms with van der Waals surface area (Å²) in [6.07, 6.45) is 3.49. The highest BCUT2D eigenvalue weighted by atomic mass is 32.1. The molecule has 4 nitrogen and oxygen atoms in total. The van der Waals surface area contributed by atoms with Crippen LogP contribution in [0.4, 0.5) is 5.82 Å². The fraction of sp³-hybridized carbons (Fsp3) is 0.143. The summed E-state index contributed by atoms with van der Waals surface area (Å²) in [5.41, 5.74) is 2.54. The highest BCUT2D eigenvalue weighted by Crippen LogP contribution is 2.38. The zero-order valence-electron chi connectivity index (χ0n) is 14.6. The molecule has 26 heavy (non-hydrogen) atoms. The molecule has 1 aromatic carbocycles. The molecule has 4 aromatic rings. The van der Waals surface area contributed by atoms with Gasteiger partial charge in [-0.1, -0.05) is 18.2 Å². The zero-order chi connectivity index (χ0) is 18.1. The molecule has 5 heteroatoms. The summed E-state index contributed by atoms with van der Waals surface area (Å²) in [7, 11) is 0. The summed E-state index contributed by atoms with van der Waals surface area (Å²) in [6, 6.07) is 15.7. The normalized spacial score (nSPS) is 12.2. The van der Waals surface area contributed by atoms with E-state index >= 15 is 0 Å². The van der Waals surface area contributed by atoms with Gasteiger partial charge in [-0.2, -0.15) is 0 Å². The molecule has 0 saturated heterocycles. The van der Waals surface area contributed by atoms with Crippen molar-refractivity contribution in [2.45, 2.75) is 19.9 Å². The van der Waals surface area contributed by atoms with E-state index in [1.54, 1.807) is 23.7 Å². The maximum absolute atomic E-state index is 10.9. The maximum atomic E-state index is 10.9.